The Morgan fingerprint density at radius 3 is 2.81 bits per heavy atom. The van der Waals surface area contributed by atoms with E-state index in [-0.39, 0.29) is 17.1 Å². The zero-order valence-corrected chi connectivity index (χ0v) is 11.6. The number of hydrogen-bond acceptors (Lipinski definition) is 6. The van der Waals surface area contributed by atoms with Crippen LogP contribution in [0.2, 0.25) is 0 Å². The van der Waals surface area contributed by atoms with E-state index in [0.717, 1.165) is 17.8 Å². The number of nitro groups is 1. The van der Waals surface area contributed by atoms with Gasteiger partial charge in [0.05, 0.1) is 16.7 Å². The van der Waals surface area contributed by atoms with Crippen molar-refractivity contribution in [2.24, 2.45) is 7.05 Å². The van der Waals surface area contributed by atoms with Crippen LogP contribution < -0.4 is 5.73 Å². The van der Waals surface area contributed by atoms with Crippen molar-refractivity contribution < 1.29 is 9.72 Å². The van der Waals surface area contributed by atoms with Gasteiger partial charge in [-0.3, -0.25) is 19.6 Å². The average Bonchev–Trinajstić information content (AvgIpc) is 2.83. The van der Waals surface area contributed by atoms with Crippen molar-refractivity contribution in [3.63, 3.8) is 0 Å². The Bertz CT molecular complexity index is 696. The molecule has 2 aromatic rings. The van der Waals surface area contributed by atoms with Crippen molar-refractivity contribution in [1.29, 1.82) is 0 Å². The summed E-state index contributed by atoms with van der Waals surface area (Å²) in [5.41, 5.74) is 6.20. The van der Waals surface area contributed by atoms with Crippen LogP contribution in [-0.2, 0) is 13.6 Å². The maximum Gasteiger partial charge on any atom is 0.288 e. The number of rotatable bonds is 4. The second kappa shape index (κ2) is 5.57. The second-order valence-corrected chi connectivity index (χ2v) is 4.57. The number of amides is 1. The van der Waals surface area contributed by atoms with E-state index in [2.05, 4.69) is 10.1 Å². The number of nitrogens with zero attached hydrogens (tertiary/aromatic N) is 5. The normalized spacial score (nSPS) is 10.4. The molecule has 2 heterocycles. The lowest BCUT2D eigenvalue weighted by Gasteiger charge is -2.16. The molecule has 0 bridgehead atoms. The molecule has 9 nitrogen and oxygen atoms in total. The minimum Gasteiger partial charge on any atom is -0.383 e. The average molecular weight is 290 g/mol. The van der Waals surface area contributed by atoms with E-state index in [1.807, 2.05) is 0 Å². The van der Waals surface area contributed by atoms with E-state index >= 15 is 0 Å². The van der Waals surface area contributed by atoms with Gasteiger partial charge in [0.25, 0.3) is 11.6 Å². The largest absolute Gasteiger partial charge is 0.383 e. The summed E-state index contributed by atoms with van der Waals surface area (Å²) < 4.78 is 1.62. The number of nitrogen functional groups attached to an aromatic ring is 1. The number of carbonyl (C=O) groups excluding carboxylic acids is 1. The highest BCUT2D eigenvalue weighted by Gasteiger charge is 2.20. The first-order valence-electron chi connectivity index (χ1n) is 6.01. The Hall–Kier alpha value is -2.97. The van der Waals surface area contributed by atoms with E-state index in [1.165, 1.54) is 4.90 Å². The maximum atomic E-state index is 12.3. The molecule has 21 heavy (non-hydrogen) atoms. The minimum atomic E-state index is -0.621. The molecule has 0 aliphatic heterocycles. The van der Waals surface area contributed by atoms with Gasteiger partial charge in [-0.1, -0.05) is 0 Å². The number of nitrogens with two attached hydrogens (primary N) is 1. The van der Waals surface area contributed by atoms with Gasteiger partial charge in [0.15, 0.2) is 0 Å². The number of aryl methyl sites for hydroxylation is 1. The summed E-state index contributed by atoms with van der Waals surface area (Å²) in [7, 11) is 3.35. The number of hydrogen-bond donors (Lipinski definition) is 1. The molecule has 2 rings (SSSR count). The Labute approximate surface area is 120 Å². The Morgan fingerprint density at radius 1 is 1.52 bits per heavy atom. The van der Waals surface area contributed by atoms with Gasteiger partial charge in [-0.15, -0.1) is 0 Å². The molecule has 2 aromatic heterocycles. The van der Waals surface area contributed by atoms with E-state index in [9.17, 15) is 14.9 Å². The van der Waals surface area contributed by atoms with Gasteiger partial charge in [-0.05, 0) is 0 Å². The van der Waals surface area contributed by atoms with Crippen LogP contribution >= 0.6 is 0 Å². The Balaban J connectivity index is 2.22. The van der Waals surface area contributed by atoms with Crippen LogP contribution in [0.15, 0.2) is 24.7 Å². The molecule has 2 N–H and O–H groups in total. The van der Waals surface area contributed by atoms with Crippen LogP contribution in [0.1, 0.15) is 15.9 Å². The molecule has 0 saturated carbocycles. The van der Waals surface area contributed by atoms with Crippen LogP contribution in [-0.4, -0.2) is 37.5 Å². The molecule has 0 spiro atoms. The standard InChI is InChI=1S/C12H14N6O3/c1-16(6-8-4-15-17(2)7-8)12(19)10-3-9(18(20)21)5-14-11(10)13/h3-5,7H,6H2,1-2H3,(H2,13,14). The third-order valence-electron chi connectivity index (χ3n) is 2.87. The van der Waals surface area contributed by atoms with Crippen molar-refractivity contribution in [1.82, 2.24) is 19.7 Å². The molecule has 0 unspecified atom stereocenters. The first-order chi connectivity index (χ1) is 9.88. The summed E-state index contributed by atoms with van der Waals surface area (Å²) in [6.07, 6.45) is 4.44. The van der Waals surface area contributed by atoms with Gasteiger partial charge in [-0.2, -0.15) is 5.10 Å². The summed E-state index contributed by atoms with van der Waals surface area (Å²) >= 11 is 0. The molecule has 0 aliphatic rings. The first-order valence-corrected chi connectivity index (χ1v) is 6.01. The van der Waals surface area contributed by atoms with Crippen molar-refractivity contribution >= 4 is 17.4 Å². The molecule has 1 amide bonds. The third-order valence-corrected chi connectivity index (χ3v) is 2.87. The van der Waals surface area contributed by atoms with Gasteiger partial charge in [0, 0.05) is 38.5 Å². The van der Waals surface area contributed by atoms with E-state index in [0.29, 0.717) is 6.54 Å². The smallest absolute Gasteiger partial charge is 0.288 e. The van der Waals surface area contributed by atoms with Gasteiger partial charge in [0.2, 0.25) is 0 Å². The van der Waals surface area contributed by atoms with Gasteiger partial charge in [0.1, 0.15) is 12.0 Å². The number of aromatic nitrogens is 3. The summed E-state index contributed by atoms with van der Waals surface area (Å²) in [4.78, 5) is 27.5. The first kappa shape index (κ1) is 14.4. The molecule has 9 heteroatoms. The van der Waals surface area contributed by atoms with Gasteiger partial charge in [-0.25, -0.2) is 4.98 Å². The molecule has 0 saturated heterocycles. The van der Waals surface area contributed by atoms with Crippen molar-refractivity contribution in [2.75, 3.05) is 12.8 Å². The zero-order valence-electron chi connectivity index (χ0n) is 11.6. The monoisotopic (exact) mass is 290 g/mol. The molecule has 110 valence electrons. The Kier molecular flexibility index (Phi) is 3.83. The van der Waals surface area contributed by atoms with Crippen LogP contribution in [0.5, 0.6) is 0 Å². The van der Waals surface area contributed by atoms with Crippen molar-refractivity contribution in [3.8, 4) is 0 Å². The molecule has 0 aromatic carbocycles. The fourth-order valence-corrected chi connectivity index (χ4v) is 1.84. The van der Waals surface area contributed by atoms with E-state index in [1.54, 1.807) is 31.2 Å². The van der Waals surface area contributed by atoms with Crippen LogP contribution in [0, 0.1) is 10.1 Å². The minimum absolute atomic E-state index is 0.00981. The van der Waals surface area contributed by atoms with Gasteiger partial charge < -0.3 is 10.6 Å². The van der Waals surface area contributed by atoms with Crippen LogP contribution in [0.25, 0.3) is 0 Å². The molecule has 0 fully saturated rings. The predicted molar refractivity (Wildman–Crippen MR) is 74.3 cm³/mol. The number of pyridine rings is 1. The highest BCUT2D eigenvalue weighted by atomic mass is 16.6. The summed E-state index contributed by atoms with van der Waals surface area (Å²) in [6, 6.07) is 1.13. The lowest BCUT2D eigenvalue weighted by atomic mass is 10.2. The second-order valence-electron chi connectivity index (χ2n) is 4.57. The maximum absolute atomic E-state index is 12.3. The molecule has 0 radical (unpaired) electrons. The predicted octanol–water partition coefficient (Wildman–Crippen LogP) is 0.578. The molecule has 0 atom stereocenters. The zero-order chi connectivity index (χ0) is 15.6. The topological polar surface area (TPSA) is 120 Å². The number of carbonyl (C=O) groups is 1. The summed E-state index contributed by atoms with van der Waals surface area (Å²) in [5, 5.41) is 14.7. The quantitative estimate of drug-likeness (QED) is 0.649. The molecular weight excluding hydrogens is 276 g/mol. The van der Waals surface area contributed by atoms with Crippen molar-refractivity contribution in [2.45, 2.75) is 6.54 Å². The van der Waals surface area contributed by atoms with Gasteiger partial charge >= 0.3 is 0 Å². The lowest BCUT2D eigenvalue weighted by Crippen LogP contribution is -2.27. The van der Waals surface area contributed by atoms with Crippen molar-refractivity contribution in [3.05, 3.63) is 45.9 Å². The van der Waals surface area contributed by atoms with E-state index < -0.39 is 10.8 Å². The molecular formula is C12H14N6O3. The lowest BCUT2D eigenvalue weighted by molar-refractivity contribution is -0.385. The highest BCUT2D eigenvalue weighted by molar-refractivity contribution is 5.98. The Morgan fingerprint density at radius 2 is 2.24 bits per heavy atom. The summed E-state index contributed by atoms with van der Waals surface area (Å²) in [6.45, 7) is 0.314. The third kappa shape index (κ3) is 3.14. The van der Waals surface area contributed by atoms with Crippen LogP contribution in [0.4, 0.5) is 11.5 Å². The molecule has 0 aliphatic carbocycles. The number of anilines is 1. The summed E-state index contributed by atoms with van der Waals surface area (Å²) in [5.74, 6) is -0.476. The van der Waals surface area contributed by atoms with Crippen LogP contribution in [0.3, 0.4) is 0 Å². The fraction of sp³-hybridized carbons (Fsp3) is 0.250. The highest BCUT2D eigenvalue weighted by Crippen LogP contribution is 2.18. The van der Waals surface area contributed by atoms with E-state index in [4.69, 9.17) is 5.73 Å². The fourth-order valence-electron chi connectivity index (χ4n) is 1.84. The SMILES string of the molecule is CN(Cc1cnn(C)c1)C(=O)c1cc([N+](=O)[O-])cnc1N.